The zero-order valence-corrected chi connectivity index (χ0v) is 10.9. The molecule has 98 valence electrons. The molecule has 0 aromatic heterocycles. The normalized spacial score (nSPS) is 12.6. The molecule has 2 amide bonds. The second-order valence-electron chi connectivity index (χ2n) is 4.14. The van der Waals surface area contributed by atoms with E-state index >= 15 is 0 Å². The lowest BCUT2D eigenvalue weighted by atomic mass is 10.1. The third-order valence-electron chi connectivity index (χ3n) is 2.68. The number of carbonyl (C=O) groups is 1. The summed E-state index contributed by atoms with van der Waals surface area (Å²) in [5.74, 6) is 0. The highest BCUT2D eigenvalue weighted by Crippen LogP contribution is 2.15. The van der Waals surface area contributed by atoms with Crippen molar-refractivity contribution in [1.82, 2.24) is 5.32 Å². The number of urea groups is 1. The molecule has 4 nitrogen and oxygen atoms in total. The summed E-state index contributed by atoms with van der Waals surface area (Å²) in [5, 5.41) is 5.97. The number of nitrogens with two attached hydrogens (primary N) is 1. The van der Waals surface area contributed by atoms with E-state index in [0.29, 0.717) is 5.69 Å². The van der Waals surface area contributed by atoms with Gasteiger partial charge in [-0.05, 0) is 44.5 Å². The van der Waals surface area contributed by atoms with E-state index in [-0.39, 0.29) is 6.04 Å². The average molecular weight is 247 g/mol. The maximum atomic E-state index is 10.7. The van der Waals surface area contributed by atoms with Crippen LogP contribution >= 0.6 is 0 Å². The Morgan fingerprint density at radius 2 is 2.06 bits per heavy atom. The topological polar surface area (TPSA) is 67.2 Å². The maximum Gasteiger partial charge on any atom is 0.316 e. The first kappa shape index (κ1) is 14.3. The Balaban J connectivity index is 2.48. The van der Waals surface area contributed by atoms with Crippen LogP contribution in [0.5, 0.6) is 0 Å². The molecule has 0 aliphatic heterocycles. The Kier molecular flexibility index (Phi) is 5.94. The van der Waals surface area contributed by atoms with E-state index in [0.717, 1.165) is 13.0 Å². The second kappa shape index (κ2) is 7.50. The Bertz CT molecular complexity index is 398. The van der Waals surface area contributed by atoms with Crippen LogP contribution < -0.4 is 16.4 Å². The highest BCUT2D eigenvalue weighted by Gasteiger charge is 2.04. The molecule has 0 heterocycles. The first-order valence-electron chi connectivity index (χ1n) is 6.14. The van der Waals surface area contributed by atoms with Gasteiger partial charge in [-0.3, -0.25) is 0 Å². The number of benzene rings is 1. The highest BCUT2D eigenvalue weighted by atomic mass is 16.2. The van der Waals surface area contributed by atoms with Crippen LogP contribution in [0.3, 0.4) is 0 Å². The van der Waals surface area contributed by atoms with Crippen LogP contribution in [-0.2, 0) is 0 Å². The molecule has 1 aromatic rings. The van der Waals surface area contributed by atoms with E-state index in [1.54, 1.807) is 0 Å². The number of hydrogen-bond donors (Lipinski definition) is 3. The van der Waals surface area contributed by atoms with Crippen molar-refractivity contribution < 1.29 is 4.79 Å². The number of amides is 2. The van der Waals surface area contributed by atoms with Crippen LogP contribution in [0.1, 0.15) is 31.9 Å². The zero-order valence-electron chi connectivity index (χ0n) is 10.9. The van der Waals surface area contributed by atoms with Crippen molar-refractivity contribution >= 4 is 11.7 Å². The molecule has 4 heteroatoms. The van der Waals surface area contributed by atoms with Gasteiger partial charge in [0.05, 0.1) is 0 Å². The minimum Gasteiger partial charge on any atom is -0.351 e. The van der Waals surface area contributed by atoms with Crippen molar-refractivity contribution in [2.75, 3.05) is 11.9 Å². The summed E-state index contributed by atoms with van der Waals surface area (Å²) in [6.45, 7) is 5.09. The van der Waals surface area contributed by atoms with Crippen molar-refractivity contribution in [3.63, 3.8) is 0 Å². The Labute approximate surface area is 108 Å². The predicted molar refractivity (Wildman–Crippen MR) is 75.5 cm³/mol. The van der Waals surface area contributed by atoms with Gasteiger partial charge in [0.2, 0.25) is 0 Å². The molecule has 18 heavy (non-hydrogen) atoms. The Morgan fingerprint density at radius 1 is 1.39 bits per heavy atom. The van der Waals surface area contributed by atoms with Crippen molar-refractivity contribution in [1.29, 1.82) is 0 Å². The molecule has 0 saturated carbocycles. The second-order valence-corrected chi connectivity index (χ2v) is 4.14. The van der Waals surface area contributed by atoms with Crippen LogP contribution in [0.25, 0.3) is 0 Å². The van der Waals surface area contributed by atoms with Crippen molar-refractivity contribution in [3.05, 3.63) is 42.0 Å². The molecule has 0 aliphatic carbocycles. The van der Waals surface area contributed by atoms with Gasteiger partial charge >= 0.3 is 6.03 Å². The fourth-order valence-electron chi connectivity index (χ4n) is 1.67. The van der Waals surface area contributed by atoms with Gasteiger partial charge in [-0.2, -0.15) is 0 Å². The van der Waals surface area contributed by atoms with Crippen LogP contribution in [0, 0.1) is 0 Å². The van der Waals surface area contributed by atoms with Crippen LogP contribution in [0.4, 0.5) is 10.5 Å². The van der Waals surface area contributed by atoms with E-state index in [4.69, 9.17) is 5.73 Å². The monoisotopic (exact) mass is 247 g/mol. The summed E-state index contributed by atoms with van der Waals surface area (Å²) in [4.78, 5) is 10.7. The number of allylic oxidation sites excluding steroid dienone is 1. The number of carbonyl (C=O) groups excluding carboxylic acids is 1. The summed E-state index contributed by atoms with van der Waals surface area (Å²) < 4.78 is 0. The molecule has 1 unspecified atom stereocenters. The standard InChI is InChI=1S/C14H21N3O/c1-3-4-5-10-16-11(2)12-6-8-13(9-7-12)17-14(15)18/h3-4,6-9,11,16H,5,10H2,1-2H3,(H3,15,17,18)/b4-3+. The molecule has 0 spiro atoms. The third-order valence-corrected chi connectivity index (χ3v) is 2.68. The molecule has 1 rings (SSSR count). The highest BCUT2D eigenvalue weighted by molar-refractivity contribution is 5.87. The first-order chi connectivity index (χ1) is 8.63. The van der Waals surface area contributed by atoms with Crippen molar-refractivity contribution in [2.45, 2.75) is 26.3 Å². The summed E-state index contributed by atoms with van der Waals surface area (Å²) in [6, 6.07) is 7.42. The fourth-order valence-corrected chi connectivity index (χ4v) is 1.67. The van der Waals surface area contributed by atoms with Crippen molar-refractivity contribution in [2.24, 2.45) is 5.73 Å². The first-order valence-corrected chi connectivity index (χ1v) is 6.14. The summed E-state index contributed by atoms with van der Waals surface area (Å²) >= 11 is 0. The van der Waals surface area contributed by atoms with Gasteiger partial charge in [-0.1, -0.05) is 24.3 Å². The van der Waals surface area contributed by atoms with Gasteiger partial charge in [-0.25, -0.2) is 4.79 Å². The lowest BCUT2D eigenvalue weighted by molar-refractivity contribution is 0.259. The molecule has 0 bridgehead atoms. The van der Waals surface area contributed by atoms with Gasteiger partial charge in [0.25, 0.3) is 0 Å². The molecule has 0 fully saturated rings. The smallest absolute Gasteiger partial charge is 0.316 e. The van der Waals surface area contributed by atoms with E-state index < -0.39 is 6.03 Å². The Morgan fingerprint density at radius 3 is 2.61 bits per heavy atom. The summed E-state index contributed by atoms with van der Waals surface area (Å²) in [7, 11) is 0. The van der Waals surface area contributed by atoms with E-state index in [1.807, 2.05) is 31.2 Å². The molecule has 0 saturated heterocycles. The van der Waals surface area contributed by atoms with Gasteiger partial charge in [0, 0.05) is 11.7 Å². The number of primary amides is 1. The van der Waals surface area contributed by atoms with E-state index in [1.165, 1.54) is 5.56 Å². The minimum atomic E-state index is -0.541. The average Bonchev–Trinajstić information content (AvgIpc) is 2.34. The molecule has 0 aliphatic rings. The summed E-state index contributed by atoms with van der Waals surface area (Å²) in [5.41, 5.74) is 6.95. The SMILES string of the molecule is C/C=C/CCNC(C)c1ccc(NC(N)=O)cc1. The van der Waals surface area contributed by atoms with Crippen molar-refractivity contribution in [3.8, 4) is 0 Å². The van der Waals surface area contributed by atoms with Gasteiger partial charge < -0.3 is 16.4 Å². The molecule has 1 atom stereocenters. The van der Waals surface area contributed by atoms with Gasteiger partial charge in [0.15, 0.2) is 0 Å². The van der Waals surface area contributed by atoms with E-state index in [2.05, 4.69) is 29.7 Å². The number of nitrogens with one attached hydrogen (secondary N) is 2. The maximum absolute atomic E-state index is 10.7. The van der Waals surface area contributed by atoms with Crippen LogP contribution in [0.15, 0.2) is 36.4 Å². The lowest BCUT2D eigenvalue weighted by Gasteiger charge is -2.14. The molecule has 4 N–H and O–H groups in total. The molecular weight excluding hydrogens is 226 g/mol. The predicted octanol–water partition coefficient (Wildman–Crippen LogP) is 2.79. The largest absolute Gasteiger partial charge is 0.351 e. The third kappa shape index (κ3) is 5.01. The molecule has 0 radical (unpaired) electrons. The Hall–Kier alpha value is -1.81. The van der Waals surface area contributed by atoms with Crippen LogP contribution in [-0.4, -0.2) is 12.6 Å². The van der Waals surface area contributed by atoms with Crippen LogP contribution in [0.2, 0.25) is 0 Å². The molecule has 1 aromatic carbocycles. The summed E-state index contributed by atoms with van der Waals surface area (Å²) in [6.07, 6.45) is 5.22. The fraction of sp³-hybridized carbons (Fsp3) is 0.357. The number of anilines is 1. The van der Waals surface area contributed by atoms with Gasteiger partial charge in [-0.15, -0.1) is 0 Å². The quantitative estimate of drug-likeness (QED) is 0.534. The number of rotatable bonds is 6. The minimum absolute atomic E-state index is 0.290. The lowest BCUT2D eigenvalue weighted by Crippen LogP contribution is -2.20. The van der Waals surface area contributed by atoms with E-state index in [9.17, 15) is 4.79 Å². The zero-order chi connectivity index (χ0) is 13.4. The van der Waals surface area contributed by atoms with Gasteiger partial charge in [0.1, 0.15) is 0 Å². The molecular formula is C14H21N3O. The number of hydrogen-bond acceptors (Lipinski definition) is 2.